The van der Waals surface area contributed by atoms with E-state index < -0.39 is 6.09 Å². The van der Waals surface area contributed by atoms with Crippen LogP contribution in [0.4, 0.5) is 16.2 Å². The first kappa shape index (κ1) is 17.2. The van der Waals surface area contributed by atoms with Gasteiger partial charge in [-0.05, 0) is 43.3 Å². The van der Waals surface area contributed by atoms with Crippen LogP contribution in [0.2, 0.25) is 0 Å². The van der Waals surface area contributed by atoms with Gasteiger partial charge in [0.1, 0.15) is 12.1 Å². The summed E-state index contributed by atoms with van der Waals surface area (Å²) in [5.41, 5.74) is 1.61. The van der Waals surface area contributed by atoms with E-state index in [1.807, 2.05) is 0 Å². The summed E-state index contributed by atoms with van der Waals surface area (Å²) in [5, 5.41) is 5.36. The third-order valence-corrected chi connectivity index (χ3v) is 3.44. The molecule has 132 valence electrons. The van der Waals surface area contributed by atoms with Crippen LogP contribution in [0.15, 0.2) is 61.3 Å². The van der Waals surface area contributed by atoms with Crippen LogP contribution in [0.5, 0.6) is 0 Å². The van der Waals surface area contributed by atoms with Gasteiger partial charge in [0.05, 0.1) is 12.2 Å². The first-order chi connectivity index (χ1) is 12.7. The van der Waals surface area contributed by atoms with Crippen LogP contribution in [-0.4, -0.2) is 33.1 Å². The molecule has 0 atom stereocenters. The molecule has 0 unspecified atom stereocenters. The second kappa shape index (κ2) is 7.93. The van der Waals surface area contributed by atoms with Crippen molar-refractivity contribution in [1.29, 1.82) is 0 Å². The van der Waals surface area contributed by atoms with Crippen molar-refractivity contribution in [2.75, 3.05) is 17.2 Å². The normalized spacial score (nSPS) is 10.2. The number of rotatable bonds is 5. The van der Waals surface area contributed by atoms with Crippen LogP contribution in [0.3, 0.4) is 0 Å². The van der Waals surface area contributed by atoms with E-state index in [-0.39, 0.29) is 5.91 Å². The number of nitrogens with one attached hydrogen (secondary N) is 2. The number of carbonyl (C=O) groups excluding carboxylic acids is 2. The van der Waals surface area contributed by atoms with Gasteiger partial charge >= 0.3 is 6.09 Å². The standard InChI is InChI=1S/C18H17N5O3/c1-2-26-18(25)22-15-6-4-14(5-7-15)21-17(24)13-3-8-16(20-11-13)23-10-9-19-12-23/h3-12H,2H2,1H3,(H,21,24)(H,22,25). The Morgan fingerprint density at radius 1 is 1.08 bits per heavy atom. The molecule has 0 spiro atoms. The Hall–Kier alpha value is -3.68. The molecule has 2 N–H and O–H groups in total. The van der Waals surface area contributed by atoms with E-state index in [4.69, 9.17) is 4.74 Å². The van der Waals surface area contributed by atoms with E-state index in [2.05, 4.69) is 20.6 Å². The molecule has 26 heavy (non-hydrogen) atoms. The molecule has 3 aromatic rings. The van der Waals surface area contributed by atoms with Crippen LogP contribution in [0.25, 0.3) is 5.82 Å². The summed E-state index contributed by atoms with van der Waals surface area (Å²) in [7, 11) is 0. The third-order valence-electron chi connectivity index (χ3n) is 3.44. The van der Waals surface area contributed by atoms with Crippen LogP contribution in [-0.2, 0) is 4.74 Å². The Balaban J connectivity index is 1.61. The number of aromatic nitrogens is 3. The molecule has 0 saturated heterocycles. The molecule has 0 aliphatic carbocycles. The van der Waals surface area contributed by atoms with Gasteiger partial charge in [0.15, 0.2) is 0 Å². The van der Waals surface area contributed by atoms with Gasteiger partial charge in [0, 0.05) is 30.0 Å². The Morgan fingerprint density at radius 2 is 1.81 bits per heavy atom. The van der Waals surface area contributed by atoms with Gasteiger partial charge in [-0.1, -0.05) is 0 Å². The minimum absolute atomic E-state index is 0.277. The van der Waals surface area contributed by atoms with Crippen molar-refractivity contribution in [3.63, 3.8) is 0 Å². The van der Waals surface area contributed by atoms with Gasteiger partial charge in [0.25, 0.3) is 5.91 Å². The number of pyridine rings is 1. The zero-order valence-corrected chi connectivity index (χ0v) is 14.0. The summed E-state index contributed by atoms with van der Waals surface area (Å²) in [5.74, 6) is 0.397. The molecule has 0 saturated carbocycles. The van der Waals surface area contributed by atoms with Crippen molar-refractivity contribution in [3.05, 3.63) is 66.9 Å². The molecule has 2 amide bonds. The lowest BCUT2D eigenvalue weighted by atomic mass is 10.2. The van der Waals surface area contributed by atoms with Crippen LogP contribution in [0, 0.1) is 0 Å². The van der Waals surface area contributed by atoms with E-state index >= 15 is 0 Å². The smallest absolute Gasteiger partial charge is 0.411 e. The molecule has 0 fully saturated rings. The second-order valence-electron chi connectivity index (χ2n) is 5.25. The van der Waals surface area contributed by atoms with Crippen molar-refractivity contribution in [2.24, 2.45) is 0 Å². The van der Waals surface area contributed by atoms with Crippen molar-refractivity contribution >= 4 is 23.4 Å². The molecule has 2 aromatic heterocycles. The molecule has 8 nitrogen and oxygen atoms in total. The van der Waals surface area contributed by atoms with E-state index in [1.54, 1.807) is 66.6 Å². The molecule has 0 bridgehead atoms. The number of amides is 2. The van der Waals surface area contributed by atoms with Crippen LogP contribution >= 0.6 is 0 Å². The number of hydrogen-bond donors (Lipinski definition) is 2. The number of ether oxygens (including phenoxy) is 1. The van der Waals surface area contributed by atoms with Gasteiger partial charge in [0.2, 0.25) is 0 Å². The Morgan fingerprint density at radius 3 is 2.38 bits per heavy atom. The largest absolute Gasteiger partial charge is 0.450 e. The molecule has 8 heteroatoms. The molecule has 0 aliphatic heterocycles. The van der Waals surface area contributed by atoms with Gasteiger partial charge in [-0.25, -0.2) is 14.8 Å². The summed E-state index contributed by atoms with van der Waals surface area (Å²) in [6, 6.07) is 10.1. The fourth-order valence-electron chi connectivity index (χ4n) is 2.19. The average Bonchev–Trinajstić information content (AvgIpc) is 3.18. The maximum absolute atomic E-state index is 12.3. The molecule has 1 aromatic carbocycles. The average molecular weight is 351 g/mol. The lowest BCUT2D eigenvalue weighted by molar-refractivity contribution is 0.102. The molecular formula is C18H17N5O3. The molecule has 0 aliphatic rings. The minimum Gasteiger partial charge on any atom is -0.450 e. The SMILES string of the molecule is CCOC(=O)Nc1ccc(NC(=O)c2ccc(-n3ccnc3)nc2)cc1. The van der Waals surface area contributed by atoms with Crippen molar-refractivity contribution in [3.8, 4) is 5.82 Å². The predicted molar refractivity (Wildman–Crippen MR) is 96.4 cm³/mol. The fourth-order valence-corrected chi connectivity index (χ4v) is 2.19. The van der Waals surface area contributed by atoms with Crippen molar-refractivity contribution in [1.82, 2.24) is 14.5 Å². The Labute approximate surface area is 149 Å². The number of imidazole rings is 1. The zero-order valence-electron chi connectivity index (χ0n) is 14.0. The Kier molecular flexibility index (Phi) is 5.23. The molecule has 2 heterocycles. The Bertz CT molecular complexity index is 874. The van der Waals surface area contributed by atoms with E-state index in [0.29, 0.717) is 29.4 Å². The van der Waals surface area contributed by atoms with E-state index in [9.17, 15) is 9.59 Å². The summed E-state index contributed by atoms with van der Waals surface area (Å²) < 4.78 is 6.55. The summed E-state index contributed by atoms with van der Waals surface area (Å²) in [6.45, 7) is 2.03. The number of benzene rings is 1. The van der Waals surface area contributed by atoms with Crippen LogP contribution < -0.4 is 10.6 Å². The monoisotopic (exact) mass is 351 g/mol. The first-order valence-corrected chi connectivity index (χ1v) is 7.95. The quantitative estimate of drug-likeness (QED) is 0.736. The van der Waals surface area contributed by atoms with Gasteiger partial charge in [-0.2, -0.15) is 0 Å². The second-order valence-corrected chi connectivity index (χ2v) is 5.25. The molecule has 3 rings (SSSR count). The highest BCUT2D eigenvalue weighted by Gasteiger charge is 2.08. The van der Waals surface area contributed by atoms with E-state index in [1.165, 1.54) is 6.20 Å². The minimum atomic E-state index is -0.520. The number of anilines is 2. The zero-order chi connectivity index (χ0) is 18.4. The lowest BCUT2D eigenvalue weighted by Gasteiger charge is -2.08. The lowest BCUT2D eigenvalue weighted by Crippen LogP contribution is -2.14. The first-order valence-electron chi connectivity index (χ1n) is 7.95. The summed E-state index contributed by atoms with van der Waals surface area (Å²) >= 11 is 0. The van der Waals surface area contributed by atoms with Gasteiger partial charge in [-0.15, -0.1) is 0 Å². The maximum atomic E-state index is 12.3. The number of hydrogen-bond acceptors (Lipinski definition) is 5. The highest BCUT2D eigenvalue weighted by atomic mass is 16.5. The molecule has 0 radical (unpaired) electrons. The van der Waals surface area contributed by atoms with E-state index in [0.717, 1.165) is 0 Å². The van der Waals surface area contributed by atoms with Crippen molar-refractivity contribution < 1.29 is 14.3 Å². The molecular weight excluding hydrogens is 334 g/mol. The summed E-state index contributed by atoms with van der Waals surface area (Å²) in [6.07, 6.45) is 6.04. The number of carbonyl (C=O) groups is 2. The third kappa shape index (κ3) is 4.23. The van der Waals surface area contributed by atoms with Crippen molar-refractivity contribution in [2.45, 2.75) is 6.92 Å². The predicted octanol–water partition coefficient (Wildman–Crippen LogP) is 3.09. The van der Waals surface area contributed by atoms with Gasteiger partial charge in [-0.3, -0.25) is 14.7 Å². The van der Waals surface area contributed by atoms with Gasteiger partial charge < -0.3 is 10.1 Å². The fraction of sp³-hybridized carbons (Fsp3) is 0.111. The number of nitrogens with zero attached hydrogens (tertiary/aromatic N) is 3. The summed E-state index contributed by atoms with van der Waals surface area (Å²) in [4.78, 5) is 31.9. The highest BCUT2D eigenvalue weighted by Crippen LogP contribution is 2.15. The topological polar surface area (TPSA) is 98.1 Å². The maximum Gasteiger partial charge on any atom is 0.411 e. The van der Waals surface area contributed by atoms with Crippen LogP contribution in [0.1, 0.15) is 17.3 Å². The highest BCUT2D eigenvalue weighted by molar-refractivity contribution is 6.04.